The highest BCUT2D eigenvalue weighted by atomic mass is 16.5. The Morgan fingerprint density at radius 1 is 0.600 bits per heavy atom. The van der Waals surface area contributed by atoms with Crippen molar-refractivity contribution in [3.63, 3.8) is 0 Å². The quantitative estimate of drug-likeness (QED) is 0.635. The first-order valence-corrected chi connectivity index (χ1v) is 10.3. The SMILES string of the molecule is c1ccc(C[C@H]2COC(c3cccc(C4=N[C@@H](Cc5ccccc5)CO4)n3)=N2)cc1. The monoisotopic (exact) mass is 397 g/mol. The zero-order valence-electron chi connectivity index (χ0n) is 16.6. The molecule has 2 atom stereocenters. The summed E-state index contributed by atoms with van der Waals surface area (Å²) in [5.74, 6) is 1.19. The summed E-state index contributed by atoms with van der Waals surface area (Å²) in [5, 5.41) is 0. The standard InChI is InChI=1S/C25H23N3O2/c1-3-8-18(9-4-1)14-20-16-29-24(26-20)22-12-7-13-23(28-22)25-27-21(17-30-25)15-19-10-5-2-6-11-19/h1-13,20-21H,14-17H2/t20-,21-/m0/s1. The number of aliphatic imine (C=N–C) groups is 2. The lowest BCUT2D eigenvalue weighted by Gasteiger charge is -2.04. The molecule has 0 unspecified atom stereocenters. The van der Waals surface area contributed by atoms with E-state index in [0.29, 0.717) is 25.0 Å². The van der Waals surface area contributed by atoms with E-state index < -0.39 is 0 Å². The highest BCUT2D eigenvalue weighted by molar-refractivity contribution is 5.97. The molecular formula is C25H23N3O2. The van der Waals surface area contributed by atoms with Gasteiger partial charge in [0.15, 0.2) is 0 Å². The fourth-order valence-corrected chi connectivity index (χ4v) is 3.77. The summed E-state index contributed by atoms with van der Waals surface area (Å²) in [6.07, 6.45) is 1.72. The fraction of sp³-hybridized carbons (Fsp3) is 0.240. The zero-order valence-corrected chi connectivity index (χ0v) is 16.6. The van der Waals surface area contributed by atoms with Crippen LogP contribution in [0.5, 0.6) is 0 Å². The first kappa shape index (κ1) is 18.6. The van der Waals surface area contributed by atoms with Crippen LogP contribution in [0.15, 0.2) is 88.8 Å². The summed E-state index contributed by atoms with van der Waals surface area (Å²) in [6, 6.07) is 26.7. The van der Waals surface area contributed by atoms with Gasteiger partial charge in [-0.3, -0.25) is 0 Å². The van der Waals surface area contributed by atoms with Crippen LogP contribution in [0.1, 0.15) is 22.5 Å². The Bertz CT molecular complexity index is 981. The maximum Gasteiger partial charge on any atom is 0.235 e. The average Bonchev–Trinajstić information content (AvgIpc) is 3.45. The summed E-state index contributed by atoms with van der Waals surface area (Å²) >= 11 is 0. The third-order valence-corrected chi connectivity index (χ3v) is 5.24. The fourth-order valence-electron chi connectivity index (χ4n) is 3.77. The van der Waals surface area contributed by atoms with Gasteiger partial charge in [-0.15, -0.1) is 0 Å². The summed E-state index contributed by atoms with van der Waals surface area (Å²) in [4.78, 5) is 14.2. The molecule has 2 aliphatic heterocycles. The van der Waals surface area contributed by atoms with Crippen molar-refractivity contribution in [1.29, 1.82) is 0 Å². The lowest BCUT2D eigenvalue weighted by molar-refractivity contribution is 0.314. The molecule has 0 spiro atoms. The Morgan fingerprint density at radius 2 is 1.07 bits per heavy atom. The number of hydrogen-bond donors (Lipinski definition) is 0. The molecule has 2 aromatic carbocycles. The van der Waals surface area contributed by atoms with Gasteiger partial charge >= 0.3 is 0 Å². The van der Waals surface area contributed by atoms with Crippen LogP contribution in [-0.2, 0) is 22.3 Å². The molecule has 0 saturated carbocycles. The first-order chi connectivity index (χ1) is 14.8. The third-order valence-electron chi connectivity index (χ3n) is 5.24. The number of rotatable bonds is 6. The minimum Gasteiger partial charge on any atom is -0.474 e. The smallest absolute Gasteiger partial charge is 0.235 e. The lowest BCUT2D eigenvalue weighted by Crippen LogP contribution is -2.11. The zero-order chi connectivity index (χ0) is 20.2. The highest BCUT2D eigenvalue weighted by Crippen LogP contribution is 2.18. The van der Waals surface area contributed by atoms with E-state index in [-0.39, 0.29) is 12.1 Å². The normalized spacial score (nSPS) is 20.3. The second-order valence-corrected chi connectivity index (χ2v) is 7.59. The van der Waals surface area contributed by atoms with Crippen molar-refractivity contribution < 1.29 is 9.47 Å². The summed E-state index contributed by atoms with van der Waals surface area (Å²) < 4.78 is 11.7. The van der Waals surface area contributed by atoms with Crippen molar-refractivity contribution in [2.24, 2.45) is 9.98 Å². The number of ether oxygens (including phenoxy) is 2. The summed E-state index contributed by atoms with van der Waals surface area (Å²) in [5.41, 5.74) is 3.97. The largest absolute Gasteiger partial charge is 0.474 e. The van der Waals surface area contributed by atoms with E-state index in [1.165, 1.54) is 11.1 Å². The summed E-state index contributed by atoms with van der Waals surface area (Å²) in [7, 11) is 0. The maximum absolute atomic E-state index is 5.85. The van der Waals surface area contributed by atoms with E-state index in [9.17, 15) is 0 Å². The molecule has 5 nitrogen and oxygen atoms in total. The van der Waals surface area contributed by atoms with E-state index in [1.54, 1.807) is 0 Å². The molecule has 0 amide bonds. The molecule has 0 radical (unpaired) electrons. The van der Waals surface area contributed by atoms with Gasteiger partial charge in [-0.2, -0.15) is 0 Å². The second kappa shape index (κ2) is 8.49. The highest BCUT2D eigenvalue weighted by Gasteiger charge is 2.24. The third kappa shape index (κ3) is 4.25. The van der Waals surface area contributed by atoms with Crippen molar-refractivity contribution in [2.45, 2.75) is 24.9 Å². The molecule has 0 saturated heterocycles. The van der Waals surface area contributed by atoms with Crippen molar-refractivity contribution in [3.05, 3.63) is 101 Å². The van der Waals surface area contributed by atoms with Gasteiger partial charge in [-0.1, -0.05) is 66.7 Å². The molecular weight excluding hydrogens is 374 g/mol. The molecule has 5 rings (SSSR count). The maximum atomic E-state index is 5.85. The molecule has 5 heteroatoms. The van der Waals surface area contributed by atoms with Crippen LogP contribution >= 0.6 is 0 Å². The Balaban J connectivity index is 1.29. The van der Waals surface area contributed by atoms with Crippen molar-refractivity contribution in [1.82, 2.24) is 4.98 Å². The van der Waals surface area contributed by atoms with Gasteiger partial charge in [0.1, 0.15) is 24.6 Å². The van der Waals surface area contributed by atoms with Gasteiger partial charge in [0, 0.05) is 0 Å². The van der Waals surface area contributed by atoms with E-state index >= 15 is 0 Å². The molecule has 0 bridgehead atoms. The molecule has 2 aliphatic rings. The van der Waals surface area contributed by atoms with E-state index in [2.05, 4.69) is 24.3 Å². The Morgan fingerprint density at radius 3 is 1.53 bits per heavy atom. The molecule has 0 fully saturated rings. The molecule has 3 heterocycles. The average molecular weight is 397 g/mol. The number of aromatic nitrogens is 1. The Hall–Kier alpha value is -3.47. The minimum absolute atomic E-state index is 0.114. The van der Waals surface area contributed by atoms with Gasteiger partial charge in [0.2, 0.25) is 11.8 Å². The second-order valence-electron chi connectivity index (χ2n) is 7.59. The molecule has 0 N–H and O–H groups in total. The van der Waals surface area contributed by atoms with Gasteiger partial charge < -0.3 is 9.47 Å². The van der Waals surface area contributed by atoms with Crippen LogP contribution in [0, 0.1) is 0 Å². The van der Waals surface area contributed by atoms with Crippen molar-refractivity contribution in [3.8, 4) is 0 Å². The molecule has 3 aromatic rings. The van der Waals surface area contributed by atoms with Crippen LogP contribution in [0.2, 0.25) is 0 Å². The topological polar surface area (TPSA) is 56.1 Å². The minimum atomic E-state index is 0.114. The number of pyridine rings is 1. The number of nitrogens with zero attached hydrogens (tertiary/aromatic N) is 3. The number of benzene rings is 2. The molecule has 30 heavy (non-hydrogen) atoms. The molecule has 1 aromatic heterocycles. The van der Waals surface area contributed by atoms with E-state index in [0.717, 1.165) is 24.2 Å². The molecule has 0 aliphatic carbocycles. The van der Waals surface area contributed by atoms with Gasteiger partial charge in [0.25, 0.3) is 0 Å². The van der Waals surface area contributed by atoms with Crippen LogP contribution in [-0.4, -0.2) is 42.1 Å². The van der Waals surface area contributed by atoms with Gasteiger partial charge in [-0.05, 0) is 36.1 Å². The van der Waals surface area contributed by atoms with Crippen LogP contribution in [0.4, 0.5) is 0 Å². The molecule has 150 valence electrons. The number of hydrogen-bond acceptors (Lipinski definition) is 5. The van der Waals surface area contributed by atoms with Crippen LogP contribution in [0.25, 0.3) is 0 Å². The van der Waals surface area contributed by atoms with Crippen molar-refractivity contribution in [2.75, 3.05) is 13.2 Å². The van der Waals surface area contributed by atoms with E-state index in [4.69, 9.17) is 24.4 Å². The predicted octanol–water partition coefficient (Wildman–Crippen LogP) is 3.86. The predicted molar refractivity (Wildman–Crippen MR) is 117 cm³/mol. The van der Waals surface area contributed by atoms with E-state index in [1.807, 2.05) is 54.6 Å². The first-order valence-electron chi connectivity index (χ1n) is 10.3. The van der Waals surface area contributed by atoms with Crippen molar-refractivity contribution >= 4 is 11.8 Å². The van der Waals surface area contributed by atoms with Gasteiger partial charge in [-0.25, -0.2) is 15.0 Å². The van der Waals surface area contributed by atoms with Gasteiger partial charge in [0.05, 0.1) is 12.1 Å². The Labute approximate surface area is 176 Å². The van der Waals surface area contributed by atoms with Crippen LogP contribution < -0.4 is 0 Å². The van der Waals surface area contributed by atoms with Crippen LogP contribution in [0.3, 0.4) is 0 Å². The lowest BCUT2D eigenvalue weighted by atomic mass is 10.1. The Kier molecular flexibility index (Phi) is 5.25. The summed E-state index contributed by atoms with van der Waals surface area (Å²) in [6.45, 7) is 1.15.